The summed E-state index contributed by atoms with van der Waals surface area (Å²) in [5.74, 6) is 0. The van der Waals surface area contributed by atoms with Crippen LogP contribution in [0.1, 0.15) is 0 Å². The van der Waals surface area contributed by atoms with Crippen LogP contribution in [0.15, 0.2) is 0 Å². The molecular weight excluding hydrogens is 256 g/mol. The van der Waals surface area contributed by atoms with E-state index in [1.807, 2.05) is 0 Å². The van der Waals surface area contributed by atoms with Crippen molar-refractivity contribution >= 4 is 20.8 Å². The van der Waals surface area contributed by atoms with Crippen LogP contribution in [0.5, 0.6) is 0 Å². The first-order valence-corrected chi connectivity index (χ1v) is 4.19. The van der Waals surface area contributed by atoms with Crippen LogP contribution in [0.3, 0.4) is 0 Å². The van der Waals surface area contributed by atoms with Gasteiger partial charge in [0.2, 0.25) is 0 Å². The zero-order valence-corrected chi connectivity index (χ0v) is 7.11. The summed E-state index contributed by atoms with van der Waals surface area (Å²) in [5, 5.41) is 0. The molecule has 0 aromatic heterocycles. The SMILES string of the molecule is O=S(=O)(O)O.O=S(=O)(O)O.[Cu]. The van der Waals surface area contributed by atoms with Gasteiger partial charge in [0, 0.05) is 17.1 Å². The molecule has 1 radical (unpaired) electrons. The number of hydrogen-bond acceptors (Lipinski definition) is 4. The second-order valence-corrected chi connectivity index (χ2v) is 2.69. The summed E-state index contributed by atoms with van der Waals surface area (Å²) in [6, 6.07) is 0. The molecule has 8 nitrogen and oxygen atoms in total. The third-order valence-electron chi connectivity index (χ3n) is 0. The monoisotopic (exact) mass is 259 g/mol. The van der Waals surface area contributed by atoms with E-state index in [1.165, 1.54) is 0 Å². The predicted octanol–water partition coefficient (Wildman–Crippen LogP) is -1.31. The molecule has 0 aromatic carbocycles. The van der Waals surface area contributed by atoms with Crippen molar-refractivity contribution in [1.82, 2.24) is 0 Å². The Morgan fingerprint density at radius 1 is 0.636 bits per heavy atom. The third-order valence-corrected chi connectivity index (χ3v) is 0. The van der Waals surface area contributed by atoms with Gasteiger partial charge in [0.25, 0.3) is 0 Å². The molecule has 0 aromatic rings. The second kappa shape index (κ2) is 5.85. The topological polar surface area (TPSA) is 149 Å². The molecule has 11 heavy (non-hydrogen) atoms. The maximum absolute atomic E-state index is 8.74. The summed E-state index contributed by atoms with van der Waals surface area (Å²) in [6.45, 7) is 0. The molecule has 0 fully saturated rings. The number of hydrogen-bond donors (Lipinski definition) is 4. The largest absolute Gasteiger partial charge is 0.394 e. The first-order valence-electron chi connectivity index (χ1n) is 1.40. The Morgan fingerprint density at radius 3 is 0.636 bits per heavy atom. The van der Waals surface area contributed by atoms with Crippen molar-refractivity contribution in [2.24, 2.45) is 0 Å². The molecule has 0 saturated heterocycles. The van der Waals surface area contributed by atoms with Gasteiger partial charge in [-0.3, -0.25) is 18.2 Å². The van der Waals surface area contributed by atoms with Gasteiger partial charge in [0.05, 0.1) is 0 Å². The molecule has 0 bridgehead atoms. The summed E-state index contributed by atoms with van der Waals surface area (Å²) in [5.41, 5.74) is 0. The molecule has 0 saturated carbocycles. The normalized spacial score (nSPS) is 10.5. The van der Waals surface area contributed by atoms with Gasteiger partial charge < -0.3 is 0 Å². The Labute approximate surface area is 73.2 Å². The molecule has 0 atom stereocenters. The van der Waals surface area contributed by atoms with E-state index in [4.69, 9.17) is 35.0 Å². The summed E-state index contributed by atoms with van der Waals surface area (Å²) in [7, 11) is -9.33. The Bertz CT molecular complexity index is 208. The van der Waals surface area contributed by atoms with Gasteiger partial charge in [0.15, 0.2) is 0 Å². The second-order valence-electron chi connectivity index (χ2n) is 0.896. The smallest absolute Gasteiger partial charge is 0.264 e. The maximum atomic E-state index is 8.74. The van der Waals surface area contributed by atoms with Crippen molar-refractivity contribution in [1.29, 1.82) is 0 Å². The minimum Gasteiger partial charge on any atom is -0.264 e. The van der Waals surface area contributed by atoms with Gasteiger partial charge in [-0.15, -0.1) is 0 Å². The van der Waals surface area contributed by atoms with E-state index in [0.717, 1.165) is 0 Å². The standard InChI is InChI=1S/Cu.2H2O4S/c;2*1-5(2,3)4/h;2*(H2,1,2,3,4). The van der Waals surface area contributed by atoms with Crippen LogP contribution in [-0.4, -0.2) is 35.0 Å². The summed E-state index contributed by atoms with van der Waals surface area (Å²) in [4.78, 5) is 0. The fraction of sp³-hybridized carbons (Fsp3) is 0. The van der Waals surface area contributed by atoms with Crippen LogP contribution >= 0.6 is 0 Å². The van der Waals surface area contributed by atoms with Gasteiger partial charge in [-0.2, -0.15) is 16.8 Å². The molecule has 0 aliphatic rings. The first-order chi connectivity index (χ1) is 4.00. The van der Waals surface area contributed by atoms with Crippen molar-refractivity contribution in [3.8, 4) is 0 Å². The van der Waals surface area contributed by atoms with Crippen molar-refractivity contribution in [3.63, 3.8) is 0 Å². The summed E-state index contributed by atoms with van der Waals surface area (Å²) in [6.07, 6.45) is 0. The van der Waals surface area contributed by atoms with Crippen molar-refractivity contribution < 1.29 is 52.1 Å². The average molecular weight is 260 g/mol. The molecule has 4 N–H and O–H groups in total. The number of rotatable bonds is 0. The first kappa shape index (κ1) is 17.4. The van der Waals surface area contributed by atoms with E-state index in [0.29, 0.717) is 0 Å². The van der Waals surface area contributed by atoms with Gasteiger partial charge in [0.1, 0.15) is 0 Å². The maximum Gasteiger partial charge on any atom is 0.394 e. The van der Waals surface area contributed by atoms with E-state index in [2.05, 4.69) is 0 Å². The van der Waals surface area contributed by atoms with Crippen LogP contribution in [-0.2, 0) is 37.9 Å². The van der Waals surface area contributed by atoms with Crippen LogP contribution < -0.4 is 0 Å². The fourth-order valence-corrected chi connectivity index (χ4v) is 0. The minimum atomic E-state index is -4.67. The Hall–Kier alpha value is 0.259. The van der Waals surface area contributed by atoms with Gasteiger partial charge in [-0.05, 0) is 0 Å². The third kappa shape index (κ3) is 10400. The molecule has 0 amide bonds. The molecule has 0 aliphatic heterocycles. The van der Waals surface area contributed by atoms with Crippen molar-refractivity contribution in [2.75, 3.05) is 0 Å². The molecule has 0 unspecified atom stereocenters. The molecule has 0 aliphatic carbocycles. The molecule has 0 heterocycles. The van der Waals surface area contributed by atoms with E-state index >= 15 is 0 Å². The Kier molecular flexibility index (Phi) is 9.24. The molecular formula is H4CuO8S2. The van der Waals surface area contributed by atoms with E-state index in [1.54, 1.807) is 0 Å². The van der Waals surface area contributed by atoms with E-state index < -0.39 is 20.8 Å². The van der Waals surface area contributed by atoms with Gasteiger partial charge in [-0.25, -0.2) is 0 Å². The molecule has 11 heteroatoms. The van der Waals surface area contributed by atoms with Gasteiger partial charge in [-0.1, -0.05) is 0 Å². The quantitative estimate of drug-likeness (QED) is 0.309. The molecule has 0 rings (SSSR count). The van der Waals surface area contributed by atoms with Crippen LogP contribution in [0.2, 0.25) is 0 Å². The van der Waals surface area contributed by atoms with E-state index in [-0.39, 0.29) is 17.1 Å². The van der Waals surface area contributed by atoms with Crippen LogP contribution in [0.4, 0.5) is 0 Å². The van der Waals surface area contributed by atoms with Gasteiger partial charge >= 0.3 is 20.8 Å². The fourth-order valence-electron chi connectivity index (χ4n) is 0. The van der Waals surface area contributed by atoms with Crippen molar-refractivity contribution in [2.45, 2.75) is 0 Å². The average Bonchev–Trinajstić information content (AvgIpc) is 1.12. The Balaban J connectivity index is -0.000000107. The summed E-state index contributed by atoms with van der Waals surface area (Å²) < 4.78 is 63.2. The molecule has 0 spiro atoms. The van der Waals surface area contributed by atoms with Crippen LogP contribution in [0.25, 0.3) is 0 Å². The minimum absolute atomic E-state index is 0. The van der Waals surface area contributed by atoms with E-state index in [9.17, 15) is 0 Å². The summed E-state index contributed by atoms with van der Waals surface area (Å²) >= 11 is 0. The van der Waals surface area contributed by atoms with Crippen molar-refractivity contribution in [3.05, 3.63) is 0 Å². The predicted molar refractivity (Wildman–Crippen MR) is 28.4 cm³/mol. The Morgan fingerprint density at radius 2 is 0.636 bits per heavy atom. The molecule has 75 valence electrons. The zero-order chi connectivity index (χ0) is 9.00. The van der Waals surface area contributed by atoms with Crippen LogP contribution in [0, 0.1) is 0 Å². The zero-order valence-electron chi connectivity index (χ0n) is 4.54.